The molecular weight excluding hydrogens is 558 g/mol. The number of rotatable bonds is 5. The molecule has 9 nitrogen and oxygen atoms in total. The van der Waals surface area contributed by atoms with Crippen LogP contribution in [-0.2, 0) is 9.59 Å². The second kappa shape index (κ2) is 11.0. The molecule has 0 unspecified atom stereocenters. The highest BCUT2D eigenvalue weighted by atomic mass is 32.1. The van der Waals surface area contributed by atoms with Crippen LogP contribution in [0.1, 0.15) is 18.1 Å². The fraction of sp³-hybridized carbons (Fsp3) is 0.121. The first-order valence-corrected chi connectivity index (χ1v) is 14.2. The summed E-state index contributed by atoms with van der Waals surface area (Å²) in [5, 5.41) is 9.47. The molecule has 1 aliphatic rings. The van der Waals surface area contributed by atoms with Gasteiger partial charge in [0.2, 0.25) is 0 Å². The number of aryl methyl sites for hydroxylation is 2. The monoisotopic (exact) mass is 583 g/mol. The zero-order chi connectivity index (χ0) is 30.2. The van der Waals surface area contributed by atoms with E-state index in [-0.39, 0.29) is 22.7 Å². The molecule has 3 heterocycles. The first-order chi connectivity index (χ1) is 20.8. The second-order valence-electron chi connectivity index (χ2n) is 10.3. The molecular formula is C33H25N7O2S. The third-order valence-electron chi connectivity index (χ3n) is 7.38. The lowest BCUT2D eigenvalue weighted by Gasteiger charge is -2.26. The molecule has 5 aromatic rings. The predicted molar refractivity (Wildman–Crippen MR) is 168 cm³/mol. The molecule has 0 saturated heterocycles. The third kappa shape index (κ3) is 4.96. The van der Waals surface area contributed by atoms with E-state index in [9.17, 15) is 14.9 Å². The first-order valence-electron chi connectivity index (χ1n) is 13.4. The zero-order valence-electron chi connectivity index (χ0n) is 23.9. The lowest BCUT2D eigenvalue weighted by molar-refractivity contribution is -0.136. The number of anilines is 3. The number of imide groups is 1. The summed E-state index contributed by atoms with van der Waals surface area (Å²) in [6.07, 6.45) is 1.66. The van der Waals surface area contributed by atoms with E-state index in [4.69, 9.17) is 0 Å². The number of hydrogen-bond acceptors (Lipinski definition) is 9. The summed E-state index contributed by atoms with van der Waals surface area (Å²) in [6.45, 7) is 5.67. The highest BCUT2D eigenvalue weighted by Crippen LogP contribution is 2.37. The number of benzene rings is 3. The van der Waals surface area contributed by atoms with Gasteiger partial charge >= 0.3 is 0 Å². The van der Waals surface area contributed by atoms with E-state index in [1.54, 1.807) is 6.20 Å². The van der Waals surface area contributed by atoms with Crippen molar-refractivity contribution in [3.8, 4) is 17.2 Å². The van der Waals surface area contributed by atoms with Crippen LogP contribution in [0.25, 0.3) is 22.2 Å². The van der Waals surface area contributed by atoms with Gasteiger partial charge in [0.25, 0.3) is 11.8 Å². The van der Waals surface area contributed by atoms with Crippen LogP contribution in [0.2, 0.25) is 0 Å². The van der Waals surface area contributed by atoms with E-state index in [1.165, 1.54) is 25.1 Å². The van der Waals surface area contributed by atoms with Gasteiger partial charge in [0.15, 0.2) is 5.82 Å². The van der Waals surface area contributed by atoms with Crippen LogP contribution in [0.15, 0.2) is 95.1 Å². The van der Waals surface area contributed by atoms with Crippen molar-refractivity contribution >= 4 is 63.2 Å². The van der Waals surface area contributed by atoms with Gasteiger partial charge < -0.3 is 4.90 Å². The second-order valence-corrected chi connectivity index (χ2v) is 10.8. The Labute approximate surface area is 252 Å². The topological polar surface area (TPSA) is 115 Å². The normalized spacial score (nSPS) is 14.5. The molecule has 0 saturated carbocycles. The quantitative estimate of drug-likeness (QED) is 0.210. The van der Waals surface area contributed by atoms with E-state index < -0.39 is 11.8 Å². The highest BCUT2D eigenvalue weighted by molar-refractivity contribution is 7.00. The van der Waals surface area contributed by atoms with Gasteiger partial charge in [-0.25, -0.2) is 9.98 Å². The van der Waals surface area contributed by atoms with Crippen LogP contribution < -0.4 is 4.90 Å². The average molecular weight is 584 g/mol. The molecule has 43 heavy (non-hydrogen) atoms. The van der Waals surface area contributed by atoms with Gasteiger partial charge in [0, 0.05) is 41.4 Å². The SMILES string of the molecule is CC1=C(C#N)C(=O)N(C)C(=O)C1=Nc1ncc(-c2ccc(N(c3ccc(C)cc3)c3ccc(C)cc3)cc2)c2nsnc12. The zero-order valence-corrected chi connectivity index (χ0v) is 24.7. The predicted octanol–water partition coefficient (Wildman–Crippen LogP) is 6.75. The minimum absolute atomic E-state index is 0.0233. The number of hydrogen-bond donors (Lipinski definition) is 0. The van der Waals surface area contributed by atoms with Gasteiger partial charge in [0.05, 0.1) is 11.7 Å². The van der Waals surface area contributed by atoms with Crippen molar-refractivity contribution in [2.24, 2.45) is 4.99 Å². The van der Waals surface area contributed by atoms with E-state index >= 15 is 0 Å². The van der Waals surface area contributed by atoms with Crippen molar-refractivity contribution in [1.82, 2.24) is 18.6 Å². The fourth-order valence-corrected chi connectivity index (χ4v) is 5.46. The number of likely N-dealkylation sites (N-methyl/N-ethyl adjacent to an activating group) is 1. The van der Waals surface area contributed by atoms with Crippen molar-refractivity contribution in [3.05, 3.63) is 101 Å². The molecule has 0 radical (unpaired) electrons. The Bertz CT molecular complexity index is 1960. The maximum Gasteiger partial charge on any atom is 0.279 e. The largest absolute Gasteiger partial charge is 0.311 e. The average Bonchev–Trinajstić information content (AvgIpc) is 3.52. The summed E-state index contributed by atoms with van der Waals surface area (Å²) >= 11 is 1.02. The number of aliphatic imine (C=N–C) groups is 1. The van der Waals surface area contributed by atoms with Crippen molar-refractivity contribution in [2.75, 3.05) is 11.9 Å². The maximum absolute atomic E-state index is 12.9. The molecule has 6 rings (SSSR count). The Hall–Kier alpha value is -5.53. The van der Waals surface area contributed by atoms with Crippen LogP contribution in [-0.4, -0.2) is 43.2 Å². The molecule has 210 valence electrons. The molecule has 10 heteroatoms. The van der Waals surface area contributed by atoms with Gasteiger partial charge in [0.1, 0.15) is 28.4 Å². The van der Waals surface area contributed by atoms with Crippen LogP contribution in [0.3, 0.4) is 0 Å². The van der Waals surface area contributed by atoms with Gasteiger partial charge in [-0.3, -0.25) is 14.5 Å². The van der Waals surface area contributed by atoms with Crippen LogP contribution in [0, 0.1) is 25.2 Å². The van der Waals surface area contributed by atoms with E-state index in [0.717, 1.165) is 44.8 Å². The Balaban J connectivity index is 1.40. The van der Waals surface area contributed by atoms with Gasteiger partial charge in [-0.1, -0.05) is 47.5 Å². The third-order valence-corrected chi connectivity index (χ3v) is 7.91. The molecule has 1 aliphatic heterocycles. The van der Waals surface area contributed by atoms with Crippen molar-refractivity contribution < 1.29 is 9.59 Å². The van der Waals surface area contributed by atoms with E-state index in [1.807, 2.05) is 18.2 Å². The first kappa shape index (κ1) is 27.6. The molecule has 0 bridgehead atoms. The van der Waals surface area contributed by atoms with Gasteiger partial charge in [-0.05, 0) is 62.7 Å². The highest BCUT2D eigenvalue weighted by Gasteiger charge is 2.34. The van der Waals surface area contributed by atoms with Crippen LogP contribution in [0.5, 0.6) is 0 Å². The summed E-state index contributed by atoms with van der Waals surface area (Å²) in [5.74, 6) is -1.07. The minimum Gasteiger partial charge on any atom is -0.311 e. The number of fused-ring (bicyclic) bond motifs is 1. The molecule has 2 amide bonds. The number of nitriles is 1. The summed E-state index contributed by atoms with van der Waals surface area (Å²) in [4.78, 5) is 37.3. The number of pyridine rings is 1. The van der Waals surface area contributed by atoms with Crippen LogP contribution >= 0.6 is 11.7 Å². The lowest BCUT2D eigenvalue weighted by atomic mass is 9.99. The van der Waals surface area contributed by atoms with E-state index in [0.29, 0.717) is 11.0 Å². The number of nitrogens with zero attached hydrogens (tertiary/aromatic N) is 7. The number of carbonyl (C=O) groups is 2. The van der Waals surface area contributed by atoms with Crippen molar-refractivity contribution in [1.29, 1.82) is 5.26 Å². The summed E-state index contributed by atoms with van der Waals surface area (Å²) in [6, 6.07) is 26.9. The van der Waals surface area contributed by atoms with Crippen molar-refractivity contribution in [3.63, 3.8) is 0 Å². The summed E-state index contributed by atoms with van der Waals surface area (Å²) < 4.78 is 8.92. The van der Waals surface area contributed by atoms with Crippen LogP contribution in [0.4, 0.5) is 22.9 Å². The number of aromatic nitrogens is 3. The van der Waals surface area contributed by atoms with Gasteiger partial charge in [-0.15, -0.1) is 0 Å². The Kier molecular flexibility index (Phi) is 7.09. The Morgan fingerprint density at radius 2 is 1.33 bits per heavy atom. The smallest absolute Gasteiger partial charge is 0.279 e. The maximum atomic E-state index is 12.9. The van der Waals surface area contributed by atoms with Gasteiger partial charge in [-0.2, -0.15) is 14.0 Å². The number of carbonyl (C=O) groups excluding carboxylic acids is 2. The fourth-order valence-electron chi connectivity index (χ4n) is 4.91. The molecule has 0 fully saturated rings. The lowest BCUT2D eigenvalue weighted by Crippen LogP contribution is -2.44. The van der Waals surface area contributed by atoms with E-state index in [2.05, 4.69) is 98.1 Å². The Morgan fingerprint density at radius 3 is 1.88 bits per heavy atom. The summed E-state index contributed by atoms with van der Waals surface area (Å²) in [7, 11) is 1.32. The standard InChI is InChI=1S/C33H25N7O2S/c1-19-5-11-23(12-6-19)40(24-13-7-20(2)8-14-24)25-15-9-22(10-16-25)27-18-35-31(30-29(27)37-43-38-30)36-28-21(3)26(17-34)32(41)39(4)33(28)42/h5-16,18H,1-4H3. The number of amides is 2. The minimum atomic E-state index is -0.653. The summed E-state index contributed by atoms with van der Waals surface area (Å²) in [5.41, 5.74) is 8.20. The molecule has 0 atom stereocenters. The molecule has 2 aromatic heterocycles. The molecule has 0 N–H and O–H groups in total. The molecule has 0 aliphatic carbocycles. The Morgan fingerprint density at radius 1 is 0.791 bits per heavy atom. The molecule has 3 aromatic carbocycles. The van der Waals surface area contributed by atoms with Crippen molar-refractivity contribution in [2.45, 2.75) is 20.8 Å². The molecule has 0 spiro atoms.